The lowest BCUT2D eigenvalue weighted by molar-refractivity contribution is 0.223. The molecule has 0 spiro atoms. The third kappa shape index (κ3) is 3.23. The second-order valence-corrected chi connectivity index (χ2v) is 9.04. The van der Waals surface area contributed by atoms with Crippen LogP contribution >= 0.6 is 15.9 Å². The van der Waals surface area contributed by atoms with Crippen molar-refractivity contribution in [2.45, 2.75) is 19.1 Å². The Morgan fingerprint density at radius 3 is 2.61 bits per heavy atom. The lowest BCUT2D eigenvalue weighted by Crippen LogP contribution is -2.32. The normalized spacial score (nSPS) is 18.5. The van der Waals surface area contributed by atoms with Gasteiger partial charge < -0.3 is 14.8 Å². The van der Waals surface area contributed by atoms with Crippen LogP contribution in [0.2, 0.25) is 0 Å². The maximum Gasteiger partial charge on any atom is 0.226 e. The van der Waals surface area contributed by atoms with Crippen LogP contribution in [0.25, 0.3) is 5.70 Å². The molecule has 0 saturated heterocycles. The number of aryl methyl sites for hydroxylation is 1. The van der Waals surface area contributed by atoms with Crippen LogP contribution in [0.1, 0.15) is 34.4 Å². The van der Waals surface area contributed by atoms with E-state index < -0.39 is 0 Å². The Kier molecular flexibility index (Phi) is 4.73. The second kappa shape index (κ2) is 7.78. The highest BCUT2D eigenvalue weighted by atomic mass is 79.9. The summed E-state index contributed by atoms with van der Waals surface area (Å²) in [5.41, 5.74) is 6.48. The van der Waals surface area contributed by atoms with Crippen LogP contribution in [0, 0.1) is 6.92 Å². The predicted molar refractivity (Wildman–Crippen MR) is 130 cm³/mol. The largest absolute Gasteiger partial charge is 0.496 e. The Hall–Kier alpha value is -3.58. The summed E-state index contributed by atoms with van der Waals surface area (Å²) in [6.45, 7) is 2.09. The summed E-state index contributed by atoms with van der Waals surface area (Å²) in [7, 11) is 1.67. The molecule has 2 aliphatic heterocycles. The highest BCUT2D eigenvalue weighted by Gasteiger charge is 2.40. The molecule has 0 bridgehead atoms. The van der Waals surface area contributed by atoms with Crippen molar-refractivity contribution in [1.82, 2.24) is 14.8 Å². The van der Waals surface area contributed by atoms with E-state index in [1.165, 1.54) is 5.56 Å². The summed E-state index contributed by atoms with van der Waals surface area (Å²) in [5, 5.41) is 8.12. The maximum absolute atomic E-state index is 6.66. The van der Waals surface area contributed by atoms with E-state index in [-0.39, 0.29) is 12.1 Å². The first kappa shape index (κ1) is 20.1. The van der Waals surface area contributed by atoms with Gasteiger partial charge in [-0.1, -0.05) is 48.0 Å². The smallest absolute Gasteiger partial charge is 0.226 e. The van der Waals surface area contributed by atoms with Gasteiger partial charge in [-0.3, -0.25) is 0 Å². The van der Waals surface area contributed by atoms with Gasteiger partial charge in [0.2, 0.25) is 5.95 Å². The minimum absolute atomic E-state index is 0.168. The molecule has 6 nitrogen and oxygen atoms in total. The number of benzene rings is 3. The van der Waals surface area contributed by atoms with Crippen molar-refractivity contribution < 1.29 is 9.47 Å². The number of para-hydroxylation sites is 1. The number of methoxy groups -OCH3 is 1. The zero-order valence-corrected chi connectivity index (χ0v) is 19.7. The fraction of sp³-hybridized carbons (Fsp3) is 0.154. The van der Waals surface area contributed by atoms with Gasteiger partial charge in [0.1, 0.15) is 30.0 Å². The fourth-order valence-corrected chi connectivity index (χ4v) is 5.17. The van der Waals surface area contributed by atoms with Gasteiger partial charge in [0.05, 0.1) is 17.3 Å². The molecule has 7 heteroatoms. The first-order valence-electron chi connectivity index (χ1n) is 10.7. The Morgan fingerprint density at radius 1 is 1.03 bits per heavy atom. The van der Waals surface area contributed by atoms with E-state index in [2.05, 4.69) is 80.7 Å². The van der Waals surface area contributed by atoms with Crippen molar-refractivity contribution in [3.63, 3.8) is 0 Å². The molecular formula is C26H21BrN4O2. The molecule has 0 saturated carbocycles. The quantitative estimate of drug-likeness (QED) is 0.378. The first-order chi connectivity index (χ1) is 16.1. The summed E-state index contributed by atoms with van der Waals surface area (Å²) in [5.74, 6) is 2.32. The fourth-order valence-electron chi connectivity index (χ4n) is 4.61. The molecule has 3 heterocycles. The van der Waals surface area contributed by atoms with Gasteiger partial charge in [0.25, 0.3) is 0 Å². The van der Waals surface area contributed by atoms with Crippen molar-refractivity contribution in [3.05, 3.63) is 105 Å². The number of fused-ring (bicyclic) bond motifs is 3. The highest BCUT2D eigenvalue weighted by Crippen LogP contribution is 2.51. The Bertz CT molecular complexity index is 1390. The van der Waals surface area contributed by atoms with E-state index >= 15 is 0 Å². The van der Waals surface area contributed by atoms with Crippen LogP contribution in [-0.2, 0) is 0 Å². The van der Waals surface area contributed by atoms with Gasteiger partial charge in [-0.25, -0.2) is 4.68 Å². The van der Waals surface area contributed by atoms with Gasteiger partial charge in [-0.15, -0.1) is 0 Å². The zero-order chi connectivity index (χ0) is 22.5. The van der Waals surface area contributed by atoms with Crippen molar-refractivity contribution in [2.24, 2.45) is 0 Å². The van der Waals surface area contributed by atoms with Crippen molar-refractivity contribution >= 4 is 27.6 Å². The number of ether oxygens (including phenoxy) is 2. The number of nitrogens with zero attached hydrogens (tertiary/aromatic N) is 3. The molecule has 0 radical (unpaired) electrons. The van der Waals surface area contributed by atoms with E-state index in [0.717, 1.165) is 43.9 Å². The summed E-state index contributed by atoms with van der Waals surface area (Å²) < 4.78 is 14.9. The van der Waals surface area contributed by atoms with Crippen LogP contribution in [0.4, 0.5) is 5.95 Å². The van der Waals surface area contributed by atoms with Crippen LogP contribution < -0.4 is 14.8 Å². The summed E-state index contributed by atoms with van der Waals surface area (Å²) >= 11 is 3.64. The Balaban J connectivity index is 1.61. The number of hydrogen-bond donors (Lipinski definition) is 1. The minimum atomic E-state index is -0.326. The molecule has 1 aromatic heterocycles. The lowest BCUT2D eigenvalue weighted by atomic mass is 9.84. The molecule has 0 unspecified atom stereocenters. The monoisotopic (exact) mass is 500 g/mol. The average Bonchev–Trinajstić information content (AvgIpc) is 3.31. The maximum atomic E-state index is 6.66. The number of halogens is 1. The molecule has 164 valence electrons. The summed E-state index contributed by atoms with van der Waals surface area (Å²) in [4.78, 5) is 4.49. The molecule has 3 aromatic carbocycles. The van der Waals surface area contributed by atoms with Crippen LogP contribution in [0.3, 0.4) is 0 Å². The molecule has 6 rings (SSSR count). The van der Waals surface area contributed by atoms with Gasteiger partial charge in [-0.05, 0) is 58.2 Å². The van der Waals surface area contributed by atoms with E-state index in [0.29, 0.717) is 5.95 Å². The van der Waals surface area contributed by atoms with Crippen molar-refractivity contribution in [1.29, 1.82) is 0 Å². The highest BCUT2D eigenvalue weighted by molar-refractivity contribution is 9.10. The number of anilines is 1. The topological polar surface area (TPSA) is 61.2 Å². The summed E-state index contributed by atoms with van der Waals surface area (Å²) in [6, 6.07) is 22.6. The third-order valence-corrected chi connectivity index (χ3v) is 6.81. The molecular weight excluding hydrogens is 480 g/mol. The molecule has 0 aliphatic carbocycles. The average molecular weight is 501 g/mol. The number of aromatic nitrogens is 3. The zero-order valence-electron chi connectivity index (χ0n) is 18.1. The van der Waals surface area contributed by atoms with E-state index in [1.807, 2.05) is 28.9 Å². The summed E-state index contributed by atoms with van der Waals surface area (Å²) in [6.07, 6.45) is 1.27. The number of rotatable bonds is 3. The second-order valence-electron chi connectivity index (χ2n) is 8.18. The van der Waals surface area contributed by atoms with Gasteiger partial charge in [0, 0.05) is 11.1 Å². The Morgan fingerprint density at radius 2 is 1.82 bits per heavy atom. The third-order valence-electron chi connectivity index (χ3n) is 6.19. The van der Waals surface area contributed by atoms with Gasteiger partial charge in [0.15, 0.2) is 0 Å². The van der Waals surface area contributed by atoms with Crippen LogP contribution in [0.5, 0.6) is 11.5 Å². The predicted octanol–water partition coefficient (Wildman–Crippen LogP) is 5.92. The number of nitrogens with one attached hydrogen (secondary N) is 1. The minimum Gasteiger partial charge on any atom is -0.496 e. The van der Waals surface area contributed by atoms with E-state index in [9.17, 15) is 0 Å². The first-order valence-corrected chi connectivity index (χ1v) is 11.5. The van der Waals surface area contributed by atoms with E-state index in [1.54, 1.807) is 13.4 Å². The SMILES string of the molecule is COc1ccc([C@@H]2Oc3ccccc3C3=C2[C@@H](c2ccc(C)cc2)n2ncnc2N3)cc1Br. The molecule has 4 aromatic rings. The van der Waals surface area contributed by atoms with Gasteiger partial charge >= 0.3 is 0 Å². The lowest BCUT2D eigenvalue weighted by Gasteiger charge is -2.39. The van der Waals surface area contributed by atoms with Crippen LogP contribution in [0.15, 0.2) is 83.1 Å². The molecule has 2 aliphatic rings. The van der Waals surface area contributed by atoms with Crippen molar-refractivity contribution in [2.75, 3.05) is 12.4 Å². The molecule has 0 amide bonds. The standard InChI is InChI=1S/C26H21BrN4O2/c1-15-7-9-16(10-8-15)24-22-23(30-26-28-14-29-31(24)26)18-5-3-4-6-20(18)33-25(22)17-11-12-21(32-2)19(27)13-17/h3-14,24-25H,1-2H3,(H,28,29,30)/t24-,25+/m1/s1. The van der Waals surface area contributed by atoms with Crippen molar-refractivity contribution in [3.8, 4) is 11.5 Å². The number of hydrogen-bond acceptors (Lipinski definition) is 5. The van der Waals surface area contributed by atoms with Gasteiger partial charge in [-0.2, -0.15) is 10.1 Å². The molecule has 0 fully saturated rings. The Labute approximate surface area is 200 Å². The molecule has 1 N–H and O–H groups in total. The van der Waals surface area contributed by atoms with E-state index in [4.69, 9.17) is 9.47 Å². The van der Waals surface area contributed by atoms with Crippen LogP contribution in [-0.4, -0.2) is 21.9 Å². The molecule has 33 heavy (non-hydrogen) atoms. The molecule has 2 atom stereocenters.